The van der Waals surface area contributed by atoms with Crippen LogP contribution in [-0.4, -0.2) is 17.1 Å². The van der Waals surface area contributed by atoms with Crippen molar-refractivity contribution in [3.63, 3.8) is 0 Å². The molecule has 3 aromatic rings. The van der Waals surface area contributed by atoms with Crippen molar-refractivity contribution in [3.8, 4) is 22.4 Å². The fourth-order valence-electron chi connectivity index (χ4n) is 2.44. The number of nitrogens with zero attached hydrogens (tertiary/aromatic N) is 2. The van der Waals surface area contributed by atoms with Crippen molar-refractivity contribution in [1.82, 2.24) is 9.97 Å². The van der Waals surface area contributed by atoms with Crippen molar-refractivity contribution >= 4 is 17.9 Å². The van der Waals surface area contributed by atoms with Gasteiger partial charge in [0.25, 0.3) is 0 Å². The summed E-state index contributed by atoms with van der Waals surface area (Å²) in [5, 5.41) is 0. The third-order valence-corrected chi connectivity index (χ3v) is 4.25. The molecule has 0 radical (unpaired) electrons. The van der Waals surface area contributed by atoms with Gasteiger partial charge < -0.3 is 5.73 Å². The molecule has 0 spiro atoms. The molecule has 2 N–H and O–H groups in total. The number of hydrogen-bond acceptors (Lipinski definition) is 6. The predicted octanol–water partition coefficient (Wildman–Crippen LogP) is 5.00. The van der Waals surface area contributed by atoms with Gasteiger partial charge in [-0.1, -0.05) is 42.5 Å². The molecular weight excluding hydrogens is 379 g/mol. The van der Waals surface area contributed by atoms with Gasteiger partial charge in [0.2, 0.25) is 5.82 Å². The summed E-state index contributed by atoms with van der Waals surface area (Å²) in [6, 6.07) is 15.4. The first-order chi connectivity index (χ1) is 12.9. The highest BCUT2D eigenvalue weighted by atomic mass is 32.2. The lowest BCUT2D eigenvalue weighted by Gasteiger charge is -2.15. The first-order valence-corrected chi connectivity index (χ1v) is 8.42. The highest BCUT2D eigenvalue weighted by Crippen LogP contribution is 2.38. The molecule has 0 atom stereocenters. The normalized spacial score (nSPS) is 11.6. The van der Waals surface area contributed by atoms with Crippen LogP contribution in [0.15, 0.2) is 59.5 Å². The molecule has 0 amide bonds. The van der Waals surface area contributed by atoms with Crippen LogP contribution in [0, 0.1) is 0 Å². The van der Waals surface area contributed by atoms with Crippen molar-refractivity contribution in [2.75, 3.05) is 12.8 Å². The zero-order valence-electron chi connectivity index (χ0n) is 14.0. The number of benzene rings is 2. The average molecular weight is 393 g/mol. The standard InChI is InChI=1S/C18H14F3N3O2S/c1-25-26-27-13-9-7-12(8-10-13)15-14(11-5-3-2-4-6-11)16(22)24-17(23-15)18(19,20)21/h2-10H,1H3,(H2,22,23,24). The highest BCUT2D eigenvalue weighted by molar-refractivity contribution is 7.94. The quantitative estimate of drug-likeness (QED) is 0.374. The summed E-state index contributed by atoms with van der Waals surface area (Å²) in [5.41, 5.74) is 7.43. The number of hydrogen-bond donors (Lipinski definition) is 1. The van der Waals surface area contributed by atoms with Gasteiger partial charge in [-0.3, -0.25) is 0 Å². The van der Waals surface area contributed by atoms with E-state index in [-0.39, 0.29) is 11.5 Å². The van der Waals surface area contributed by atoms with Crippen molar-refractivity contribution < 1.29 is 22.4 Å². The second-order valence-corrected chi connectivity index (χ2v) is 6.14. The number of anilines is 1. The third kappa shape index (κ3) is 4.38. The lowest BCUT2D eigenvalue weighted by molar-refractivity contribution is -0.160. The Balaban J connectivity index is 2.15. The molecule has 9 heteroatoms. The molecule has 0 aliphatic heterocycles. The van der Waals surface area contributed by atoms with Gasteiger partial charge in [0.05, 0.1) is 30.4 Å². The Labute approximate surface area is 157 Å². The topological polar surface area (TPSA) is 70.3 Å². The summed E-state index contributed by atoms with van der Waals surface area (Å²) in [6.07, 6.45) is -4.71. The number of aromatic nitrogens is 2. The molecule has 0 bridgehead atoms. The molecule has 0 unspecified atom stereocenters. The first kappa shape index (κ1) is 19.2. The summed E-state index contributed by atoms with van der Waals surface area (Å²) < 4.78 is 44.3. The van der Waals surface area contributed by atoms with Gasteiger partial charge in [0, 0.05) is 10.5 Å². The van der Waals surface area contributed by atoms with Crippen LogP contribution in [0.5, 0.6) is 0 Å². The van der Waals surface area contributed by atoms with Gasteiger partial charge in [0.1, 0.15) is 5.82 Å². The van der Waals surface area contributed by atoms with E-state index in [0.29, 0.717) is 21.6 Å². The second kappa shape index (κ2) is 7.95. The average Bonchev–Trinajstić information content (AvgIpc) is 2.66. The second-order valence-electron chi connectivity index (χ2n) is 5.36. The lowest BCUT2D eigenvalue weighted by atomic mass is 9.99. The van der Waals surface area contributed by atoms with Crippen LogP contribution in [0.2, 0.25) is 0 Å². The van der Waals surface area contributed by atoms with Gasteiger partial charge in [-0.25, -0.2) is 14.9 Å². The maximum absolute atomic E-state index is 13.2. The van der Waals surface area contributed by atoms with Gasteiger partial charge in [-0.2, -0.15) is 17.5 Å². The van der Waals surface area contributed by atoms with E-state index in [1.165, 1.54) is 7.11 Å². The van der Waals surface area contributed by atoms with E-state index in [0.717, 1.165) is 12.0 Å². The van der Waals surface area contributed by atoms with Crippen molar-refractivity contribution in [3.05, 3.63) is 60.4 Å². The number of alkyl halides is 3. The molecule has 5 nitrogen and oxygen atoms in total. The maximum atomic E-state index is 13.2. The fourth-order valence-corrected chi connectivity index (χ4v) is 2.84. The van der Waals surface area contributed by atoms with Crippen LogP contribution in [0.25, 0.3) is 22.4 Å². The predicted molar refractivity (Wildman–Crippen MR) is 96.3 cm³/mol. The molecule has 27 heavy (non-hydrogen) atoms. The fraction of sp³-hybridized carbons (Fsp3) is 0.111. The van der Waals surface area contributed by atoms with Gasteiger partial charge in [0.15, 0.2) is 0 Å². The largest absolute Gasteiger partial charge is 0.451 e. The van der Waals surface area contributed by atoms with E-state index < -0.39 is 12.0 Å². The van der Waals surface area contributed by atoms with E-state index in [2.05, 4.69) is 14.9 Å². The number of nitrogens with two attached hydrogens (primary N) is 1. The molecule has 0 saturated carbocycles. The molecule has 2 aromatic carbocycles. The maximum Gasteiger partial charge on any atom is 0.451 e. The molecule has 140 valence electrons. The summed E-state index contributed by atoms with van der Waals surface area (Å²) in [6.45, 7) is 0. The van der Waals surface area contributed by atoms with Crippen molar-refractivity contribution in [1.29, 1.82) is 0 Å². The van der Waals surface area contributed by atoms with Gasteiger partial charge in [-0.15, -0.1) is 0 Å². The number of halogens is 3. The Kier molecular flexibility index (Phi) is 5.64. The molecule has 1 aromatic heterocycles. The zero-order valence-corrected chi connectivity index (χ0v) is 14.8. The minimum atomic E-state index is -4.71. The van der Waals surface area contributed by atoms with Gasteiger partial charge >= 0.3 is 6.18 Å². The van der Waals surface area contributed by atoms with E-state index in [4.69, 9.17) is 10.1 Å². The van der Waals surface area contributed by atoms with Crippen LogP contribution in [-0.2, 0) is 15.4 Å². The molecule has 1 heterocycles. The SMILES string of the molecule is COOSc1ccc(-c2nc(C(F)(F)F)nc(N)c2-c2ccccc2)cc1. The molecule has 0 fully saturated rings. The van der Waals surface area contributed by atoms with E-state index >= 15 is 0 Å². The van der Waals surface area contributed by atoms with Crippen molar-refractivity contribution in [2.24, 2.45) is 0 Å². The van der Waals surface area contributed by atoms with Crippen LogP contribution < -0.4 is 5.73 Å². The minimum Gasteiger partial charge on any atom is -0.383 e. The molecular formula is C18H14F3N3O2S. The zero-order chi connectivity index (χ0) is 19.4. The van der Waals surface area contributed by atoms with Crippen LogP contribution in [0.1, 0.15) is 5.82 Å². The molecule has 3 rings (SSSR count). The Morgan fingerprint density at radius 2 is 1.59 bits per heavy atom. The highest BCUT2D eigenvalue weighted by Gasteiger charge is 2.36. The Bertz CT molecular complexity index is 920. The Morgan fingerprint density at radius 1 is 0.926 bits per heavy atom. The van der Waals surface area contributed by atoms with Crippen molar-refractivity contribution in [2.45, 2.75) is 11.1 Å². The molecule has 0 aliphatic rings. The Morgan fingerprint density at radius 3 is 2.19 bits per heavy atom. The van der Waals surface area contributed by atoms with Crippen LogP contribution in [0.3, 0.4) is 0 Å². The minimum absolute atomic E-state index is 0.102. The van der Waals surface area contributed by atoms with E-state index in [9.17, 15) is 13.2 Å². The molecule has 0 saturated heterocycles. The van der Waals surface area contributed by atoms with E-state index in [1.807, 2.05) is 0 Å². The lowest BCUT2D eigenvalue weighted by Crippen LogP contribution is -2.14. The molecule has 0 aliphatic carbocycles. The summed E-state index contributed by atoms with van der Waals surface area (Å²) in [4.78, 5) is 12.4. The summed E-state index contributed by atoms with van der Waals surface area (Å²) in [5.74, 6) is -1.52. The number of nitrogen functional groups attached to an aromatic ring is 1. The van der Waals surface area contributed by atoms with E-state index in [1.54, 1.807) is 54.6 Å². The Hall–Kier alpha value is -2.62. The smallest absolute Gasteiger partial charge is 0.383 e. The summed E-state index contributed by atoms with van der Waals surface area (Å²) >= 11 is 0.976. The van der Waals surface area contributed by atoms with Gasteiger partial charge in [-0.05, 0) is 17.7 Å². The summed E-state index contributed by atoms with van der Waals surface area (Å²) in [7, 11) is 1.37. The third-order valence-electron chi connectivity index (χ3n) is 3.58. The first-order valence-electron chi connectivity index (χ1n) is 7.68. The number of rotatable bonds is 5. The van der Waals surface area contributed by atoms with Crippen LogP contribution >= 0.6 is 12.0 Å². The monoisotopic (exact) mass is 393 g/mol. The van der Waals surface area contributed by atoms with Crippen LogP contribution in [0.4, 0.5) is 19.0 Å².